The first-order chi connectivity index (χ1) is 9.33. The van der Waals surface area contributed by atoms with Crippen LogP contribution in [0.5, 0.6) is 0 Å². The molecule has 0 aliphatic rings. The lowest BCUT2D eigenvalue weighted by Crippen LogP contribution is -1.94. The van der Waals surface area contributed by atoms with Crippen molar-refractivity contribution in [3.63, 3.8) is 0 Å². The maximum absolute atomic E-state index is 5.35. The Morgan fingerprint density at radius 1 is 0.684 bits per heavy atom. The summed E-state index contributed by atoms with van der Waals surface area (Å²) in [6, 6.07) is 20.3. The number of nitrogens with two attached hydrogens (primary N) is 1. The first-order valence-electron chi connectivity index (χ1n) is 7.08. The van der Waals surface area contributed by atoms with Crippen LogP contribution in [0.2, 0.25) is 0 Å². The van der Waals surface area contributed by atoms with Crippen molar-refractivity contribution in [1.82, 2.24) is 0 Å². The molecule has 0 aliphatic heterocycles. The third-order valence-electron chi connectivity index (χ3n) is 2.02. The fourth-order valence-electron chi connectivity index (χ4n) is 1.15. The Kier molecular flexibility index (Phi) is 17.0. The molecule has 2 aromatic carbocycles. The molecule has 0 aliphatic carbocycles. The lowest BCUT2D eigenvalue weighted by Gasteiger charge is -1.90. The molecule has 1 nitrogen and oxygen atoms in total. The van der Waals surface area contributed by atoms with Crippen molar-refractivity contribution >= 4 is 0 Å². The molecule has 0 atom stereocenters. The number of aryl methyl sites for hydroxylation is 1. The predicted octanol–water partition coefficient (Wildman–Crippen LogP) is 5.19. The first-order valence-corrected chi connectivity index (χ1v) is 7.08. The third-order valence-corrected chi connectivity index (χ3v) is 2.02. The molecule has 0 fully saturated rings. The Morgan fingerprint density at radius 2 is 1.05 bits per heavy atom. The van der Waals surface area contributed by atoms with E-state index in [2.05, 4.69) is 19.1 Å². The summed E-state index contributed by atoms with van der Waals surface area (Å²) in [5.41, 5.74) is 7.86. The van der Waals surface area contributed by atoms with Gasteiger partial charge in [0.25, 0.3) is 0 Å². The van der Waals surface area contributed by atoms with Gasteiger partial charge in [-0.05, 0) is 12.5 Å². The Labute approximate surface area is 119 Å². The van der Waals surface area contributed by atoms with E-state index in [4.69, 9.17) is 5.73 Å². The molecular formula is C18H29N. The van der Waals surface area contributed by atoms with Gasteiger partial charge in [0.05, 0.1) is 0 Å². The van der Waals surface area contributed by atoms with Crippen LogP contribution in [0.15, 0.2) is 60.7 Å². The van der Waals surface area contributed by atoms with Crippen molar-refractivity contribution < 1.29 is 0 Å². The first kappa shape index (κ1) is 19.7. The highest BCUT2D eigenvalue weighted by Crippen LogP contribution is 1.94. The van der Waals surface area contributed by atoms with Crippen molar-refractivity contribution in [3.8, 4) is 0 Å². The topological polar surface area (TPSA) is 26.0 Å². The van der Waals surface area contributed by atoms with Gasteiger partial charge in [-0.1, -0.05) is 93.9 Å². The van der Waals surface area contributed by atoms with E-state index in [0.29, 0.717) is 6.54 Å². The molecule has 0 heterocycles. The van der Waals surface area contributed by atoms with Crippen LogP contribution >= 0.6 is 0 Å². The molecular weight excluding hydrogens is 230 g/mol. The molecule has 0 unspecified atom stereocenters. The summed E-state index contributed by atoms with van der Waals surface area (Å²) in [5, 5.41) is 0. The van der Waals surface area contributed by atoms with E-state index in [1.165, 1.54) is 11.1 Å². The lowest BCUT2D eigenvalue weighted by atomic mass is 10.2. The van der Waals surface area contributed by atoms with E-state index >= 15 is 0 Å². The third kappa shape index (κ3) is 12.6. The molecule has 0 saturated carbocycles. The second kappa shape index (κ2) is 16.4. The van der Waals surface area contributed by atoms with Crippen LogP contribution in [0.3, 0.4) is 0 Å². The molecule has 0 spiro atoms. The Hall–Kier alpha value is -1.60. The second-order valence-electron chi connectivity index (χ2n) is 3.34. The maximum Gasteiger partial charge on any atom is 0.0178 e. The number of rotatable bonds is 1. The zero-order chi connectivity index (χ0) is 14.9. The highest BCUT2D eigenvalue weighted by atomic mass is 14.5. The maximum atomic E-state index is 5.35. The van der Waals surface area contributed by atoms with Crippen LogP contribution in [0.4, 0.5) is 0 Å². The smallest absolute Gasteiger partial charge is 0.0178 e. The lowest BCUT2D eigenvalue weighted by molar-refractivity contribution is 1.07. The highest BCUT2D eigenvalue weighted by molar-refractivity contribution is 5.13. The molecule has 2 N–H and O–H groups in total. The van der Waals surface area contributed by atoms with Crippen molar-refractivity contribution in [2.45, 2.75) is 41.2 Å². The van der Waals surface area contributed by atoms with Crippen molar-refractivity contribution in [2.24, 2.45) is 5.73 Å². The van der Waals surface area contributed by atoms with Crippen LogP contribution in [-0.4, -0.2) is 0 Å². The van der Waals surface area contributed by atoms with E-state index in [0.717, 1.165) is 0 Å². The minimum Gasteiger partial charge on any atom is -0.326 e. The van der Waals surface area contributed by atoms with Crippen LogP contribution in [-0.2, 0) is 6.54 Å². The SMILES string of the molecule is CC.CC.Cc1ccccc1.NCc1ccccc1. The van der Waals surface area contributed by atoms with E-state index in [1.54, 1.807) is 0 Å². The summed E-state index contributed by atoms with van der Waals surface area (Å²) in [4.78, 5) is 0. The molecule has 0 aromatic heterocycles. The van der Waals surface area contributed by atoms with E-state index in [1.807, 2.05) is 76.2 Å². The number of hydrogen-bond acceptors (Lipinski definition) is 1. The van der Waals surface area contributed by atoms with Gasteiger partial charge in [-0.3, -0.25) is 0 Å². The zero-order valence-electron chi connectivity index (χ0n) is 13.1. The molecule has 0 bridgehead atoms. The van der Waals surface area contributed by atoms with Crippen LogP contribution < -0.4 is 5.73 Å². The summed E-state index contributed by atoms with van der Waals surface area (Å²) < 4.78 is 0. The van der Waals surface area contributed by atoms with Gasteiger partial charge in [-0.2, -0.15) is 0 Å². The second-order valence-corrected chi connectivity index (χ2v) is 3.34. The summed E-state index contributed by atoms with van der Waals surface area (Å²) >= 11 is 0. The van der Waals surface area contributed by atoms with Crippen LogP contribution in [0, 0.1) is 6.92 Å². The molecule has 2 rings (SSSR count). The largest absolute Gasteiger partial charge is 0.326 e. The average molecular weight is 259 g/mol. The van der Waals surface area contributed by atoms with Gasteiger partial charge in [0.1, 0.15) is 0 Å². The van der Waals surface area contributed by atoms with Gasteiger partial charge in [0.2, 0.25) is 0 Å². The summed E-state index contributed by atoms with van der Waals surface area (Å²) in [6.07, 6.45) is 0. The number of hydrogen-bond donors (Lipinski definition) is 1. The fraction of sp³-hybridized carbons (Fsp3) is 0.333. The highest BCUT2D eigenvalue weighted by Gasteiger charge is 1.80. The van der Waals surface area contributed by atoms with Crippen LogP contribution in [0.25, 0.3) is 0 Å². The molecule has 106 valence electrons. The Morgan fingerprint density at radius 3 is 1.26 bits per heavy atom. The summed E-state index contributed by atoms with van der Waals surface area (Å²) in [6.45, 7) is 10.7. The molecule has 0 radical (unpaired) electrons. The molecule has 1 heteroatoms. The minimum absolute atomic E-state index is 0.640. The molecule has 0 saturated heterocycles. The fourth-order valence-corrected chi connectivity index (χ4v) is 1.15. The minimum atomic E-state index is 0.640. The summed E-state index contributed by atoms with van der Waals surface area (Å²) in [7, 11) is 0. The quantitative estimate of drug-likeness (QED) is 0.749. The average Bonchev–Trinajstić information content (AvgIpc) is 2.53. The van der Waals surface area contributed by atoms with Crippen molar-refractivity contribution in [2.75, 3.05) is 0 Å². The predicted molar refractivity (Wildman–Crippen MR) is 88.2 cm³/mol. The van der Waals surface area contributed by atoms with E-state index in [9.17, 15) is 0 Å². The van der Waals surface area contributed by atoms with Crippen molar-refractivity contribution in [3.05, 3.63) is 71.8 Å². The van der Waals surface area contributed by atoms with E-state index in [-0.39, 0.29) is 0 Å². The van der Waals surface area contributed by atoms with Gasteiger partial charge >= 0.3 is 0 Å². The Balaban J connectivity index is 0. The standard InChI is InChI=1S/C7H9N.C7H8.2C2H6/c8-6-7-4-2-1-3-5-7;1-7-5-3-2-4-6-7;2*1-2/h1-5H,6,8H2;2-6H,1H3;2*1-2H3. The van der Waals surface area contributed by atoms with Gasteiger partial charge in [-0.25, -0.2) is 0 Å². The van der Waals surface area contributed by atoms with Crippen molar-refractivity contribution in [1.29, 1.82) is 0 Å². The van der Waals surface area contributed by atoms with E-state index < -0.39 is 0 Å². The monoisotopic (exact) mass is 259 g/mol. The normalized spacial score (nSPS) is 7.68. The summed E-state index contributed by atoms with van der Waals surface area (Å²) in [5.74, 6) is 0. The van der Waals surface area contributed by atoms with Gasteiger partial charge < -0.3 is 5.73 Å². The number of benzene rings is 2. The molecule has 0 amide bonds. The Bertz CT molecular complexity index is 354. The van der Waals surface area contributed by atoms with Gasteiger partial charge in [-0.15, -0.1) is 0 Å². The van der Waals surface area contributed by atoms with Gasteiger partial charge in [0, 0.05) is 6.54 Å². The zero-order valence-corrected chi connectivity index (χ0v) is 13.1. The molecule has 19 heavy (non-hydrogen) atoms. The van der Waals surface area contributed by atoms with Gasteiger partial charge in [0.15, 0.2) is 0 Å². The molecule has 2 aromatic rings. The van der Waals surface area contributed by atoms with Crippen LogP contribution in [0.1, 0.15) is 38.8 Å².